The molecule has 6 nitrogen and oxygen atoms in total. The van der Waals surface area contributed by atoms with Crippen LogP contribution < -0.4 is 5.56 Å². The Hall–Kier alpha value is -2.21. The summed E-state index contributed by atoms with van der Waals surface area (Å²) in [5, 5.41) is 9.59. The van der Waals surface area contributed by atoms with Gasteiger partial charge in [-0.1, -0.05) is 25.5 Å². The van der Waals surface area contributed by atoms with Crippen LogP contribution in [0.15, 0.2) is 29.1 Å². The number of benzene rings is 1. The Labute approximate surface area is 201 Å². The normalized spacial score (nSPS) is 35.1. The van der Waals surface area contributed by atoms with Crippen molar-refractivity contribution in [2.24, 2.45) is 17.8 Å². The molecular formula is C28H37N3O3. The van der Waals surface area contributed by atoms with Crippen molar-refractivity contribution < 1.29 is 9.90 Å². The van der Waals surface area contributed by atoms with Gasteiger partial charge in [0, 0.05) is 24.2 Å². The summed E-state index contributed by atoms with van der Waals surface area (Å²) in [6, 6.07) is 8.53. The monoisotopic (exact) mass is 463 g/mol. The van der Waals surface area contributed by atoms with E-state index in [2.05, 4.69) is 16.8 Å². The van der Waals surface area contributed by atoms with Crippen molar-refractivity contribution >= 4 is 17.0 Å². The number of aromatic carboxylic acids is 1. The molecule has 34 heavy (non-hydrogen) atoms. The zero-order valence-corrected chi connectivity index (χ0v) is 20.3. The Kier molecular flexibility index (Phi) is 5.55. The van der Waals surface area contributed by atoms with Crippen molar-refractivity contribution in [1.29, 1.82) is 0 Å². The number of likely N-dealkylation sites (tertiary alicyclic amines) is 1. The van der Waals surface area contributed by atoms with Crippen molar-refractivity contribution in [3.05, 3.63) is 40.3 Å². The first-order valence-corrected chi connectivity index (χ1v) is 13.5. The molecule has 2 atom stereocenters. The van der Waals surface area contributed by atoms with Gasteiger partial charge >= 0.3 is 5.97 Å². The summed E-state index contributed by atoms with van der Waals surface area (Å²) in [6.45, 7) is 2.90. The van der Waals surface area contributed by atoms with Gasteiger partial charge < -0.3 is 9.67 Å². The number of carbonyl (C=O) groups is 1. The lowest BCUT2D eigenvalue weighted by Crippen LogP contribution is -2.66. The van der Waals surface area contributed by atoms with E-state index in [-0.39, 0.29) is 5.69 Å². The molecule has 1 aromatic carbocycles. The van der Waals surface area contributed by atoms with E-state index in [1.807, 2.05) is 18.2 Å². The number of carboxylic acids is 1. The molecule has 182 valence electrons. The molecule has 6 heteroatoms. The van der Waals surface area contributed by atoms with E-state index < -0.39 is 11.5 Å². The van der Waals surface area contributed by atoms with Crippen LogP contribution in [0.5, 0.6) is 0 Å². The summed E-state index contributed by atoms with van der Waals surface area (Å²) in [7, 11) is 0. The molecule has 5 aliphatic rings. The van der Waals surface area contributed by atoms with E-state index >= 15 is 0 Å². The average Bonchev–Trinajstić information content (AvgIpc) is 2.81. The van der Waals surface area contributed by atoms with E-state index in [4.69, 9.17) is 0 Å². The zero-order chi connectivity index (χ0) is 23.4. The Balaban J connectivity index is 1.33. The predicted molar refractivity (Wildman–Crippen MR) is 132 cm³/mol. The van der Waals surface area contributed by atoms with Crippen LogP contribution in [0.3, 0.4) is 0 Å². The number of fused-ring (bicyclic) bond motifs is 1. The van der Waals surface area contributed by atoms with Crippen molar-refractivity contribution in [2.75, 3.05) is 0 Å². The smallest absolute Gasteiger partial charge is 0.360 e. The molecule has 5 fully saturated rings. The minimum absolute atomic E-state index is 0.359. The molecule has 4 saturated carbocycles. The summed E-state index contributed by atoms with van der Waals surface area (Å²) >= 11 is 0. The van der Waals surface area contributed by atoms with Gasteiger partial charge in [-0.05, 0) is 94.1 Å². The second-order valence-corrected chi connectivity index (χ2v) is 11.7. The van der Waals surface area contributed by atoms with Gasteiger partial charge in [-0.2, -0.15) is 0 Å². The highest BCUT2D eigenvalue weighted by Gasteiger charge is 2.56. The Bertz CT molecular complexity index is 1120. The molecule has 7 rings (SSSR count). The minimum Gasteiger partial charge on any atom is -0.476 e. The molecule has 0 spiro atoms. The molecular weight excluding hydrogens is 426 g/mol. The first kappa shape index (κ1) is 22.3. The van der Waals surface area contributed by atoms with Crippen molar-refractivity contribution in [3.63, 3.8) is 0 Å². The largest absolute Gasteiger partial charge is 0.476 e. The number of aryl methyl sites for hydroxylation is 1. The van der Waals surface area contributed by atoms with Crippen LogP contribution in [0.2, 0.25) is 0 Å². The zero-order valence-electron chi connectivity index (χ0n) is 20.3. The highest BCUT2D eigenvalue weighted by molar-refractivity contribution is 5.88. The first-order valence-electron chi connectivity index (χ1n) is 13.5. The molecule has 2 heterocycles. The highest BCUT2D eigenvalue weighted by Crippen LogP contribution is 2.59. The topological polar surface area (TPSA) is 75.4 Å². The number of aromatic nitrogens is 2. The second kappa shape index (κ2) is 8.47. The standard InChI is InChI=1S/C28H37N3O3/c1-2-21-6-5-7-22(31(21)28-15-18-12-19(16-28)14-20(13-18)17-28)10-11-30-24-9-4-3-8-23(24)29-25(26(30)32)27(33)34/h3-4,8-9,18-22H,2,5-7,10-17H2,1H3,(H,33,34)/t18?,19?,20?,21-,22-,28?/m0/s1. The Morgan fingerprint density at radius 3 is 2.35 bits per heavy atom. The number of piperidine rings is 1. The SMILES string of the molecule is CC[C@H]1CCC[C@@H](CCn2c(=O)c(C(=O)O)nc3ccccc32)N1C12CC3CC(CC(C3)C1)C2. The van der Waals surface area contributed by atoms with Crippen molar-refractivity contribution in [1.82, 2.24) is 14.5 Å². The molecule has 1 aliphatic heterocycles. The van der Waals surface area contributed by atoms with E-state index in [1.165, 1.54) is 64.2 Å². The molecule has 4 aliphatic carbocycles. The fourth-order valence-corrected chi connectivity index (χ4v) is 8.84. The van der Waals surface area contributed by atoms with Gasteiger partial charge in [-0.3, -0.25) is 9.69 Å². The number of hydrogen-bond donors (Lipinski definition) is 1. The summed E-state index contributed by atoms with van der Waals surface area (Å²) in [4.78, 5) is 32.0. The van der Waals surface area contributed by atoms with Crippen LogP contribution in [0.25, 0.3) is 11.0 Å². The Morgan fingerprint density at radius 2 is 1.71 bits per heavy atom. The van der Waals surface area contributed by atoms with Crippen LogP contribution in [0.4, 0.5) is 0 Å². The van der Waals surface area contributed by atoms with Crippen LogP contribution in [0, 0.1) is 17.8 Å². The van der Waals surface area contributed by atoms with Crippen LogP contribution >= 0.6 is 0 Å². The number of rotatable bonds is 6. The summed E-state index contributed by atoms with van der Waals surface area (Å²) in [5.74, 6) is 1.49. The van der Waals surface area contributed by atoms with E-state index in [1.54, 1.807) is 10.6 Å². The molecule has 0 amide bonds. The fourth-order valence-electron chi connectivity index (χ4n) is 8.84. The van der Waals surface area contributed by atoms with E-state index in [0.29, 0.717) is 29.7 Å². The number of carboxylic acid groups (broad SMARTS) is 1. The molecule has 1 N–H and O–H groups in total. The lowest BCUT2D eigenvalue weighted by molar-refractivity contribution is -0.135. The third-order valence-electron chi connectivity index (χ3n) is 9.63. The maximum atomic E-state index is 13.1. The molecule has 2 aromatic rings. The van der Waals surface area contributed by atoms with Crippen LogP contribution in [-0.4, -0.2) is 43.1 Å². The maximum Gasteiger partial charge on any atom is 0.360 e. The summed E-state index contributed by atoms with van der Waals surface area (Å²) in [6.07, 6.45) is 14.3. The van der Waals surface area contributed by atoms with Gasteiger partial charge in [0.2, 0.25) is 5.69 Å². The highest BCUT2D eigenvalue weighted by atomic mass is 16.4. The number of para-hydroxylation sites is 2. The van der Waals surface area contributed by atoms with Crippen LogP contribution in [0.1, 0.15) is 88.0 Å². The quantitative estimate of drug-likeness (QED) is 0.646. The first-order chi connectivity index (χ1) is 16.5. The van der Waals surface area contributed by atoms with E-state index in [9.17, 15) is 14.7 Å². The second-order valence-electron chi connectivity index (χ2n) is 11.7. The lowest BCUT2D eigenvalue weighted by atomic mass is 9.52. The third-order valence-corrected chi connectivity index (χ3v) is 9.63. The molecule has 0 radical (unpaired) electrons. The minimum atomic E-state index is -1.25. The van der Waals surface area contributed by atoms with Gasteiger partial charge in [0.15, 0.2) is 0 Å². The Morgan fingerprint density at radius 1 is 1.06 bits per heavy atom. The molecule has 4 bridgehead atoms. The van der Waals surface area contributed by atoms with Gasteiger partial charge in [-0.15, -0.1) is 0 Å². The van der Waals surface area contributed by atoms with Crippen LogP contribution in [-0.2, 0) is 6.54 Å². The van der Waals surface area contributed by atoms with Gasteiger partial charge in [0.25, 0.3) is 5.56 Å². The van der Waals surface area contributed by atoms with Gasteiger partial charge in [0.1, 0.15) is 0 Å². The van der Waals surface area contributed by atoms with Crippen molar-refractivity contribution in [2.45, 2.75) is 102 Å². The van der Waals surface area contributed by atoms with Gasteiger partial charge in [0.05, 0.1) is 11.0 Å². The van der Waals surface area contributed by atoms with Gasteiger partial charge in [-0.25, -0.2) is 9.78 Å². The molecule has 1 aromatic heterocycles. The predicted octanol–water partition coefficient (Wildman–Crippen LogP) is 5.09. The average molecular weight is 464 g/mol. The molecule has 0 unspecified atom stereocenters. The third kappa shape index (κ3) is 3.60. The maximum absolute atomic E-state index is 13.1. The summed E-state index contributed by atoms with van der Waals surface area (Å²) in [5.41, 5.74) is 0.828. The molecule has 1 saturated heterocycles. The van der Waals surface area contributed by atoms with E-state index in [0.717, 1.165) is 29.7 Å². The number of hydrogen-bond acceptors (Lipinski definition) is 4. The lowest BCUT2D eigenvalue weighted by Gasteiger charge is -2.64. The van der Waals surface area contributed by atoms with Crippen molar-refractivity contribution in [3.8, 4) is 0 Å². The summed E-state index contributed by atoms with van der Waals surface area (Å²) < 4.78 is 1.68. The number of nitrogens with zero attached hydrogens (tertiary/aromatic N) is 3. The fraction of sp³-hybridized carbons (Fsp3) is 0.679.